The highest BCUT2D eigenvalue weighted by Gasteiger charge is 2.51. The summed E-state index contributed by atoms with van der Waals surface area (Å²) < 4.78 is 0. The number of aryl methyl sites for hydroxylation is 5. The van der Waals surface area contributed by atoms with E-state index in [0.717, 1.165) is 0 Å². The minimum absolute atomic E-state index is 0.121. The Morgan fingerprint density at radius 3 is 1.69 bits per heavy atom. The van der Waals surface area contributed by atoms with Gasteiger partial charge in [0.1, 0.15) is 0 Å². The van der Waals surface area contributed by atoms with E-state index in [-0.39, 0.29) is 13.6 Å². The number of benzene rings is 6. The molecular weight excluding hydrogens is 542 g/mol. The van der Waals surface area contributed by atoms with E-state index in [0.29, 0.717) is 0 Å². The highest BCUT2D eigenvalue weighted by molar-refractivity contribution is 7.03. The van der Waals surface area contributed by atoms with Gasteiger partial charge in [0.15, 0.2) is 0 Å². The third-order valence-corrected chi connectivity index (χ3v) is 10.7. The number of nitrogens with zero attached hydrogens (tertiary/aromatic N) is 2. The normalized spacial score (nSPS) is 14.2. The first-order chi connectivity index (χ1) is 21.9. The van der Waals surface area contributed by atoms with Crippen molar-refractivity contribution in [2.75, 3.05) is 9.71 Å². The monoisotopic (exact) mass is 574 g/mol. The second-order valence-electron chi connectivity index (χ2n) is 13.8. The van der Waals surface area contributed by atoms with Gasteiger partial charge in [-0.15, -0.1) is 0 Å². The van der Waals surface area contributed by atoms with Gasteiger partial charge < -0.3 is 9.71 Å². The van der Waals surface area contributed by atoms with E-state index in [4.69, 9.17) is 0 Å². The van der Waals surface area contributed by atoms with Crippen LogP contribution in [0.15, 0.2) is 103 Å². The molecule has 0 spiro atoms. The van der Waals surface area contributed by atoms with Crippen LogP contribution in [0.25, 0.3) is 22.3 Å². The first kappa shape index (κ1) is 25.4. The number of hydrogen-bond acceptors (Lipinski definition) is 2. The Bertz CT molecular complexity index is 2300. The standard InChI is InChI=1S/C41H32B2N2/c1-23-6-11-28(12-7-23)44-37-16-10-26(4)21-35(37)42-36-22-27(5)18-32-30-14-9-25(3)20-34(30)43-33-19-24(2)8-13-29(33)31-15-17-38(44)39(42)41(31)45(43)40(32)36/h6-22H,1-5H3. The fourth-order valence-electron chi connectivity index (χ4n) is 8.87. The van der Waals surface area contributed by atoms with Gasteiger partial charge in [0, 0.05) is 39.6 Å². The average molecular weight is 574 g/mol. The van der Waals surface area contributed by atoms with Crippen LogP contribution >= 0.6 is 0 Å². The molecule has 212 valence electrons. The molecule has 0 aliphatic carbocycles. The van der Waals surface area contributed by atoms with Crippen molar-refractivity contribution in [3.63, 3.8) is 0 Å². The van der Waals surface area contributed by atoms with Gasteiger partial charge in [-0.1, -0.05) is 101 Å². The van der Waals surface area contributed by atoms with Crippen LogP contribution in [0.3, 0.4) is 0 Å². The van der Waals surface area contributed by atoms with Crippen LogP contribution in [0.1, 0.15) is 27.8 Å². The van der Waals surface area contributed by atoms with E-state index in [2.05, 4.69) is 147 Å². The molecule has 0 saturated heterocycles. The number of anilines is 5. The summed E-state index contributed by atoms with van der Waals surface area (Å²) in [5.74, 6) is 0. The Labute approximate surface area is 266 Å². The number of hydrogen-bond donors (Lipinski definition) is 0. The van der Waals surface area contributed by atoms with E-state index in [1.807, 2.05) is 0 Å². The van der Waals surface area contributed by atoms with Gasteiger partial charge in [-0.3, -0.25) is 0 Å². The van der Waals surface area contributed by atoms with Crippen molar-refractivity contribution < 1.29 is 0 Å². The lowest BCUT2D eigenvalue weighted by Gasteiger charge is -2.51. The third-order valence-electron chi connectivity index (χ3n) is 10.7. The molecule has 45 heavy (non-hydrogen) atoms. The molecule has 0 N–H and O–H groups in total. The molecule has 2 nitrogen and oxygen atoms in total. The minimum atomic E-state index is 0.121. The molecule has 4 aliphatic heterocycles. The Morgan fingerprint density at radius 2 is 0.978 bits per heavy atom. The summed E-state index contributed by atoms with van der Waals surface area (Å²) in [6.45, 7) is 11.4. The van der Waals surface area contributed by atoms with E-state index >= 15 is 0 Å². The first-order valence-electron chi connectivity index (χ1n) is 16.2. The fourth-order valence-corrected chi connectivity index (χ4v) is 8.87. The van der Waals surface area contributed by atoms with Gasteiger partial charge in [-0.25, -0.2) is 0 Å². The molecule has 4 heterocycles. The molecule has 0 aromatic heterocycles. The van der Waals surface area contributed by atoms with Crippen molar-refractivity contribution >= 4 is 69.3 Å². The second kappa shape index (κ2) is 8.61. The molecule has 0 radical (unpaired) electrons. The lowest BCUT2D eigenvalue weighted by atomic mass is 9.30. The molecule has 6 aromatic rings. The Kier molecular flexibility index (Phi) is 4.85. The minimum Gasteiger partial charge on any atom is -0.377 e. The predicted molar refractivity (Wildman–Crippen MR) is 194 cm³/mol. The lowest BCUT2D eigenvalue weighted by molar-refractivity contribution is 1.26. The van der Waals surface area contributed by atoms with E-state index in [1.165, 1.54) is 106 Å². The Morgan fingerprint density at radius 1 is 0.422 bits per heavy atom. The fraction of sp³-hybridized carbons (Fsp3) is 0.122. The van der Waals surface area contributed by atoms with Crippen LogP contribution in [-0.4, -0.2) is 13.6 Å². The van der Waals surface area contributed by atoms with E-state index in [9.17, 15) is 0 Å². The van der Waals surface area contributed by atoms with Crippen molar-refractivity contribution in [1.29, 1.82) is 0 Å². The molecular formula is C41H32B2N2. The second-order valence-corrected chi connectivity index (χ2v) is 13.8. The van der Waals surface area contributed by atoms with Crippen molar-refractivity contribution in [3.8, 4) is 22.3 Å². The van der Waals surface area contributed by atoms with Crippen molar-refractivity contribution in [3.05, 3.63) is 131 Å². The molecule has 4 aliphatic rings. The summed E-state index contributed by atoms with van der Waals surface area (Å²) in [7, 11) is 0. The molecule has 0 unspecified atom stereocenters. The van der Waals surface area contributed by atoms with E-state index in [1.54, 1.807) is 0 Å². The largest absolute Gasteiger partial charge is 0.377 e. The summed E-state index contributed by atoms with van der Waals surface area (Å²) in [6, 6.07) is 40.1. The zero-order valence-corrected chi connectivity index (χ0v) is 26.4. The van der Waals surface area contributed by atoms with Gasteiger partial charge >= 0.3 is 6.85 Å². The lowest BCUT2D eigenvalue weighted by Crippen LogP contribution is -2.69. The van der Waals surface area contributed by atoms with Crippen molar-refractivity contribution in [1.82, 2.24) is 0 Å². The first-order valence-corrected chi connectivity index (χ1v) is 16.2. The maximum atomic E-state index is 2.74. The van der Waals surface area contributed by atoms with Crippen molar-refractivity contribution in [2.24, 2.45) is 0 Å². The summed E-state index contributed by atoms with van der Waals surface area (Å²) in [6.07, 6.45) is 0. The van der Waals surface area contributed by atoms with Gasteiger partial charge in [0.25, 0.3) is 6.71 Å². The summed E-state index contributed by atoms with van der Waals surface area (Å²) in [5.41, 5.74) is 25.6. The number of rotatable bonds is 1. The summed E-state index contributed by atoms with van der Waals surface area (Å²) >= 11 is 0. The molecule has 0 fully saturated rings. The summed E-state index contributed by atoms with van der Waals surface area (Å²) in [4.78, 5) is 5.26. The Balaban J connectivity index is 1.40. The van der Waals surface area contributed by atoms with Crippen LogP contribution in [0.2, 0.25) is 0 Å². The predicted octanol–water partition coefficient (Wildman–Crippen LogP) is 6.75. The van der Waals surface area contributed by atoms with Gasteiger partial charge in [0.05, 0.1) is 0 Å². The van der Waals surface area contributed by atoms with Crippen molar-refractivity contribution in [2.45, 2.75) is 34.6 Å². The van der Waals surface area contributed by atoms with Gasteiger partial charge in [-0.2, -0.15) is 0 Å². The summed E-state index contributed by atoms with van der Waals surface area (Å²) in [5, 5.41) is 0. The van der Waals surface area contributed by atoms with Gasteiger partial charge in [-0.05, 0) is 103 Å². The Hall–Kier alpha value is -4.95. The van der Waals surface area contributed by atoms with E-state index < -0.39 is 0 Å². The average Bonchev–Trinajstić information content (AvgIpc) is 3.03. The maximum Gasteiger partial charge on any atom is 0.329 e. The zero-order valence-electron chi connectivity index (χ0n) is 26.4. The molecule has 6 aromatic carbocycles. The molecule has 0 bridgehead atoms. The van der Waals surface area contributed by atoms with Gasteiger partial charge in [0.2, 0.25) is 0 Å². The quantitative estimate of drug-likeness (QED) is 0.200. The van der Waals surface area contributed by atoms with Crippen LogP contribution in [0.4, 0.5) is 28.4 Å². The van der Waals surface area contributed by atoms with Crippen LogP contribution in [-0.2, 0) is 0 Å². The topological polar surface area (TPSA) is 6.48 Å². The number of fused-ring (bicyclic) bond motifs is 9. The highest BCUT2D eigenvalue weighted by atomic mass is 15.2. The molecule has 0 amide bonds. The smallest absolute Gasteiger partial charge is 0.329 e. The van der Waals surface area contributed by atoms with Crippen LogP contribution < -0.4 is 37.0 Å². The molecule has 0 atom stereocenters. The molecule has 4 heteroatoms. The SMILES string of the molecule is Cc1ccc(N2c3ccc(C)cc3B3c4cc(C)cc5c4N4B(c6cc(C)ccc6-5)c5cc(C)ccc5-c5ccc2c3c54)cc1. The molecule has 0 saturated carbocycles. The molecule has 10 rings (SSSR count). The maximum absolute atomic E-state index is 2.74. The highest BCUT2D eigenvalue weighted by Crippen LogP contribution is 2.50. The van der Waals surface area contributed by atoms with Crippen LogP contribution in [0.5, 0.6) is 0 Å². The van der Waals surface area contributed by atoms with Crippen LogP contribution in [0, 0.1) is 34.6 Å². The zero-order chi connectivity index (χ0) is 30.3. The third kappa shape index (κ3) is 3.22.